The van der Waals surface area contributed by atoms with Crippen LogP contribution in [0.15, 0.2) is 30.1 Å². The zero-order valence-electron chi connectivity index (χ0n) is 7.61. The van der Waals surface area contributed by atoms with Crippen molar-refractivity contribution in [3.63, 3.8) is 0 Å². The van der Waals surface area contributed by atoms with Gasteiger partial charge in [-0.05, 0) is 23.8 Å². The number of halogens is 2. The highest BCUT2D eigenvalue weighted by atomic mass is 35.5. The Morgan fingerprint density at radius 1 is 1.67 bits per heavy atom. The lowest BCUT2D eigenvalue weighted by Crippen LogP contribution is -1.86. The molecule has 0 aliphatic carbocycles. The molecule has 0 radical (unpaired) electrons. The first-order chi connectivity index (χ1) is 7.08. The van der Waals surface area contributed by atoms with E-state index >= 15 is 0 Å². The highest BCUT2D eigenvalue weighted by Gasteiger charge is 1.99. The van der Waals surface area contributed by atoms with E-state index in [1.807, 2.05) is 0 Å². The molecular weight excluding hydrogens is 242 g/mol. The fourth-order valence-corrected chi connectivity index (χ4v) is 1.41. The summed E-state index contributed by atoms with van der Waals surface area (Å²) < 4.78 is 27.4. The van der Waals surface area contributed by atoms with Crippen LogP contribution in [0.3, 0.4) is 0 Å². The topological polar surface area (TPSA) is 46.5 Å². The molecule has 1 atom stereocenters. The maximum Gasteiger partial charge on any atom is 0.316 e. The molecule has 15 heavy (non-hydrogen) atoms. The lowest BCUT2D eigenvalue weighted by molar-refractivity contribution is 0.286. The number of benzene rings is 1. The van der Waals surface area contributed by atoms with E-state index in [2.05, 4.69) is 4.52 Å². The van der Waals surface area contributed by atoms with Crippen LogP contribution in [0.5, 0.6) is 0 Å². The van der Waals surface area contributed by atoms with Crippen LogP contribution in [0, 0.1) is 0 Å². The highest BCUT2D eigenvalue weighted by molar-refractivity contribution is 7.32. The molecule has 0 aromatic heterocycles. The van der Waals surface area contributed by atoms with E-state index in [1.54, 1.807) is 24.3 Å². The van der Waals surface area contributed by atoms with Crippen LogP contribution in [0.1, 0.15) is 5.56 Å². The van der Waals surface area contributed by atoms with Crippen molar-refractivity contribution in [1.29, 1.82) is 0 Å². The van der Waals surface area contributed by atoms with Gasteiger partial charge in [0.2, 0.25) is 0 Å². The molecule has 3 nitrogen and oxygen atoms in total. The summed E-state index contributed by atoms with van der Waals surface area (Å²) in [5.41, 5.74) is 0.571. The Balaban J connectivity index is 2.65. The zero-order valence-corrected chi connectivity index (χ0v) is 9.37. The van der Waals surface area contributed by atoms with E-state index in [0.29, 0.717) is 10.6 Å². The summed E-state index contributed by atoms with van der Waals surface area (Å²) in [5, 5.41) is 0.494. The Morgan fingerprint density at radius 2 is 2.40 bits per heavy atom. The predicted molar refractivity (Wildman–Crippen MR) is 57.7 cm³/mol. The largest absolute Gasteiger partial charge is 0.326 e. The fourth-order valence-electron chi connectivity index (χ4n) is 0.950. The Hall–Kier alpha value is -0.670. The Morgan fingerprint density at radius 3 is 3.00 bits per heavy atom. The van der Waals surface area contributed by atoms with Crippen molar-refractivity contribution in [3.8, 4) is 0 Å². The van der Waals surface area contributed by atoms with Gasteiger partial charge < -0.3 is 9.42 Å². The molecule has 82 valence electrons. The average molecular weight is 251 g/mol. The third-order valence-corrected chi connectivity index (χ3v) is 2.13. The van der Waals surface area contributed by atoms with Gasteiger partial charge in [0, 0.05) is 5.02 Å². The van der Waals surface area contributed by atoms with Gasteiger partial charge in [-0.15, -0.1) is 0 Å². The third-order valence-electron chi connectivity index (χ3n) is 1.51. The summed E-state index contributed by atoms with van der Waals surface area (Å²) in [4.78, 5) is 8.32. The molecule has 0 amide bonds. The van der Waals surface area contributed by atoms with E-state index in [4.69, 9.17) is 16.5 Å². The SMILES string of the molecule is O=[PH](O)OC/C(F)=C/c1cccc(Cl)c1. The van der Waals surface area contributed by atoms with E-state index in [-0.39, 0.29) is 0 Å². The molecule has 1 aromatic rings. The first-order valence-electron chi connectivity index (χ1n) is 4.05. The van der Waals surface area contributed by atoms with Gasteiger partial charge in [0.15, 0.2) is 0 Å². The van der Waals surface area contributed by atoms with Gasteiger partial charge in [-0.3, -0.25) is 4.57 Å². The van der Waals surface area contributed by atoms with Crippen molar-refractivity contribution in [3.05, 3.63) is 40.7 Å². The molecular formula is C9H9ClFO3P. The third kappa shape index (κ3) is 5.09. The summed E-state index contributed by atoms with van der Waals surface area (Å²) in [6, 6.07) is 6.58. The zero-order chi connectivity index (χ0) is 11.3. The number of rotatable bonds is 4. The predicted octanol–water partition coefficient (Wildman–Crippen LogP) is 3.05. The lowest BCUT2D eigenvalue weighted by atomic mass is 10.2. The van der Waals surface area contributed by atoms with Crippen LogP contribution >= 0.6 is 19.9 Å². The monoisotopic (exact) mass is 250 g/mol. The molecule has 6 heteroatoms. The number of hydrogen-bond acceptors (Lipinski definition) is 2. The normalized spacial score (nSPS) is 13.9. The molecule has 1 rings (SSSR count). The molecule has 0 saturated heterocycles. The molecule has 0 aliphatic rings. The first kappa shape index (κ1) is 12.4. The van der Waals surface area contributed by atoms with Crippen molar-refractivity contribution in [2.24, 2.45) is 0 Å². The Kier molecular flexibility index (Phi) is 4.99. The van der Waals surface area contributed by atoms with E-state index in [9.17, 15) is 8.96 Å². The van der Waals surface area contributed by atoms with Gasteiger partial charge in [0.05, 0.1) is 0 Å². The Bertz CT molecular complexity index is 395. The second kappa shape index (κ2) is 6.03. The molecule has 0 spiro atoms. The van der Waals surface area contributed by atoms with Crippen LogP contribution in [-0.4, -0.2) is 11.5 Å². The van der Waals surface area contributed by atoms with E-state index in [0.717, 1.165) is 0 Å². The van der Waals surface area contributed by atoms with E-state index < -0.39 is 20.7 Å². The van der Waals surface area contributed by atoms with Gasteiger partial charge >= 0.3 is 8.25 Å². The van der Waals surface area contributed by atoms with Gasteiger partial charge in [0.25, 0.3) is 0 Å². The fraction of sp³-hybridized carbons (Fsp3) is 0.111. The quantitative estimate of drug-likeness (QED) is 0.836. The molecule has 1 N–H and O–H groups in total. The van der Waals surface area contributed by atoms with Crippen LogP contribution < -0.4 is 0 Å². The van der Waals surface area contributed by atoms with Crippen LogP contribution in [0.25, 0.3) is 6.08 Å². The molecule has 1 aromatic carbocycles. The number of hydrogen-bond donors (Lipinski definition) is 1. The molecule has 0 heterocycles. The summed E-state index contributed by atoms with van der Waals surface area (Å²) in [7, 11) is -3.09. The average Bonchev–Trinajstić information content (AvgIpc) is 2.15. The van der Waals surface area contributed by atoms with Gasteiger partial charge in [-0.2, -0.15) is 0 Å². The maximum atomic E-state index is 13.0. The minimum absolute atomic E-state index is 0.494. The van der Waals surface area contributed by atoms with Crippen molar-refractivity contribution < 1.29 is 18.4 Å². The van der Waals surface area contributed by atoms with Crippen LogP contribution in [-0.2, 0) is 9.09 Å². The molecule has 0 fully saturated rings. The second-order valence-corrected chi connectivity index (χ2v) is 3.96. The Labute approximate surface area is 92.1 Å². The summed E-state index contributed by atoms with van der Waals surface area (Å²) in [6.07, 6.45) is 1.19. The molecule has 0 aliphatic heterocycles. The first-order valence-corrected chi connectivity index (χ1v) is 5.69. The van der Waals surface area contributed by atoms with Gasteiger partial charge in [0.1, 0.15) is 12.4 Å². The van der Waals surface area contributed by atoms with Crippen LogP contribution in [0.4, 0.5) is 4.39 Å². The summed E-state index contributed by atoms with van der Waals surface area (Å²) in [5.74, 6) is -0.635. The second-order valence-electron chi connectivity index (χ2n) is 2.70. The van der Waals surface area contributed by atoms with Crippen molar-refractivity contribution >= 4 is 25.9 Å². The molecule has 0 saturated carbocycles. The standard InChI is InChI=1S/C9H9ClFO3P/c10-8-3-1-2-7(4-8)5-9(11)6-14-15(12)13/h1-5,15H,6H2,(H,12,13)/b9-5-. The minimum atomic E-state index is -3.09. The van der Waals surface area contributed by atoms with Crippen LogP contribution in [0.2, 0.25) is 5.02 Å². The van der Waals surface area contributed by atoms with Gasteiger partial charge in [-0.1, -0.05) is 23.7 Å². The summed E-state index contributed by atoms with van der Waals surface area (Å²) in [6.45, 7) is -0.513. The highest BCUT2D eigenvalue weighted by Crippen LogP contribution is 2.19. The van der Waals surface area contributed by atoms with Crippen molar-refractivity contribution in [1.82, 2.24) is 0 Å². The van der Waals surface area contributed by atoms with Crippen molar-refractivity contribution in [2.45, 2.75) is 0 Å². The lowest BCUT2D eigenvalue weighted by Gasteiger charge is -1.98. The minimum Gasteiger partial charge on any atom is -0.326 e. The van der Waals surface area contributed by atoms with Gasteiger partial charge in [-0.25, -0.2) is 4.39 Å². The molecule has 0 bridgehead atoms. The van der Waals surface area contributed by atoms with E-state index in [1.165, 1.54) is 6.08 Å². The summed E-state index contributed by atoms with van der Waals surface area (Å²) >= 11 is 5.69. The smallest absolute Gasteiger partial charge is 0.316 e. The maximum absolute atomic E-state index is 13.0. The molecule has 1 unspecified atom stereocenters. The van der Waals surface area contributed by atoms with Crippen molar-refractivity contribution in [2.75, 3.05) is 6.61 Å².